The molecule has 1 saturated heterocycles. The van der Waals surface area contributed by atoms with Gasteiger partial charge in [0.2, 0.25) is 5.88 Å². The van der Waals surface area contributed by atoms with Gasteiger partial charge in [-0.2, -0.15) is 5.10 Å². The number of carbonyl (C=O) groups is 1. The van der Waals surface area contributed by atoms with Crippen molar-refractivity contribution in [3.63, 3.8) is 0 Å². The van der Waals surface area contributed by atoms with Crippen molar-refractivity contribution in [2.45, 2.75) is 6.04 Å². The minimum atomic E-state index is -0.526. The van der Waals surface area contributed by atoms with E-state index >= 15 is 0 Å². The van der Waals surface area contributed by atoms with Crippen LogP contribution in [0.3, 0.4) is 0 Å². The van der Waals surface area contributed by atoms with Crippen LogP contribution in [0, 0.1) is 0 Å². The van der Waals surface area contributed by atoms with Crippen molar-refractivity contribution in [1.82, 2.24) is 19.2 Å². The third kappa shape index (κ3) is 5.52. The Bertz CT molecular complexity index is 1270. The van der Waals surface area contributed by atoms with Crippen molar-refractivity contribution in [1.29, 1.82) is 0 Å². The number of ether oxygens (including phenoxy) is 3. The van der Waals surface area contributed by atoms with E-state index in [2.05, 4.69) is 15.3 Å². The predicted molar refractivity (Wildman–Crippen MR) is 136 cm³/mol. The molecule has 0 atom stereocenters. The zero-order valence-electron chi connectivity index (χ0n) is 20.8. The van der Waals surface area contributed by atoms with E-state index in [0.29, 0.717) is 55.1 Å². The van der Waals surface area contributed by atoms with Crippen LogP contribution < -0.4 is 21.3 Å². The first kappa shape index (κ1) is 25.3. The van der Waals surface area contributed by atoms with Crippen LogP contribution in [-0.4, -0.2) is 77.8 Å². The Morgan fingerprint density at radius 1 is 1.25 bits per heavy atom. The highest BCUT2D eigenvalue weighted by molar-refractivity contribution is 5.90. The summed E-state index contributed by atoms with van der Waals surface area (Å²) in [6, 6.07) is 9.51. The van der Waals surface area contributed by atoms with E-state index in [9.17, 15) is 9.59 Å². The number of hydrogen-bond donors (Lipinski definition) is 2. The summed E-state index contributed by atoms with van der Waals surface area (Å²) in [4.78, 5) is 27.2. The number of hydrogen-bond acceptors (Lipinski definition) is 9. The van der Waals surface area contributed by atoms with Crippen LogP contribution in [0.2, 0.25) is 0 Å². The number of esters is 1. The van der Waals surface area contributed by atoms with Gasteiger partial charge < -0.3 is 29.8 Å². The molecule has 3 aromatic rings. The molecule has 0 spiro atoms. The molecule has 36 heavy (non-hydrogen) atoms. The maximum atomic E-state index is 12.9. The van der Waals surface area contributed by atoms with Crippen LogP contribution in [-0.2, 0) is 23.6 Å². The number of aromatic nitrogens is 3. The van der Waals surface area contributed by atoms with Gasteiger partial charge in [0.25, 0.3) is 5.56 Å². The Hall–Kier alpha value is -3.83. The van der Waals surface area contributed by atoms with Crippen LogP contribution in [0.1, 0.15) is 10.4 Å². The normalized spacial score (nSPS) is 13.4. The number of pyridine rings is 1. The van der Waals surface area contributed by atoms with E-state index in [1.54, 1.807) is 25.0 Å². The number of benzene rings is 1. The average molecular weight is 497 g/mol. The standard InChI is InChI=1S/C25H32N6O5/c1-29-14-17(25(33)34-3)12-19(23(29)32)20-13-28-30(2)24(20)36-11-10-31(18-15-35-16-18)9-8-27-22-7-5-4-6-21(22)26/h4-7,12-14,18,27H,8-11,15-16,26H2,1-3H3. The quantitative estimate of drug-likeness (QED) is 0.299. The molecule has 0 unspecified atom stereocenters. The first-order valence-corrected chi connectivity index (χ1v) is 11.7. The number of methoxy groups -OCH3 is 1. The lowest BCUT2D eigenvalue weighted by atomic mass is 10.1. The highest BCUT2D eigenvalue weighted by Gasteiger charge is 2.26. The van der Waals surface area contributed by atoms with Gasteiger partial charge in [-0.25, -0.2) is 9.48 Å². The lowest BCUT2D eigenvalue weighted by Gasteiger charge is -2.37. The first-order chi connectivity index (χ1) is 17.4. The van der Waals surface area contributed by atoms with Gasteiger partial charge in [-0.3, -0.25) is 9.69 Å². The van der Waals surface area contributed by atoms with E-state index in [0.717, 1.165) is 18.8 Å². The molecule has 0 aliphatic carbocycles. The summed E-state index contributed by atoms with van der Waals surface area (Å²) >= 11 is 0. The van der Waals surface area contributed by atoms with Gasteiger partial charge >= 0.3 is 5.97 Å². The smallest absolute Gasteiger partial charge is 0.339 e. The van der Waals surface area contributed by atoms with Crippen LogP contribution in [0.25, 0.3) is 11.1 Å². The molecule has 1 fully saturated rings. The molecule has 0 radical (unpaired) electrons. The summed E-state index contributed by atoms with van der Waals surface area (Å²) in [6.45, 7) is 3.91. The fourth-order valence-corrected chi connectivity index (χ4v) is 4.08. The second-order valence-corrected chi connectivity index (χ2v) is 8.63. The van der Waals surface area contributed by atoms with Gasteiger partial charge in [0, 0.05) is 39.9 Å². The molecule has 0 saturated carbocycles. The molecular weight excluding hydrogens is 464 g/mol. The maximum absolute atomic E-state index is 12.9. The molecule has 1 aromatic carbocycles. The van der Waals surface area contributed by atoms with Crippen molar-refractivity contribution < 1.29 is 19.0 Å². The van der Waals surface area contributed by atoms with Gasteiger partial charge in [-0.15, -0.1) is 0 Å². The van der Waals surface area contributed by atoms with E-state index < -0.39 is 5.97 Å². The Kier molecular flexibility index (Phi) is 7.91. The van der Waals surface area contributed by atoms with E-state index in [1.165, 1.54) is 23.9 Å². The summed E-state index contributed by atoms with van der Waals surface area (Å²) < 4.78 is 19.3. The number of nitrogens with zero attached hydrogens (tertiary/aromatic N) is 4. The van der Waals surface area contributed by atoms with Crippen LogP contribution in [0.4, 0.5) is 11.4 Å². The minimum absolute atomic E-state index is 0.264. The fourth-order valence-electron chi connectivity index (χ4n) is 4.08. The number of rotatable bonds is 11. The lowest BCUT2D eigenvalue weighted by Crippen LogP contribution is -2.51. The van der Waals surface area contributed by atoms with Gasteiger partial charge in [0.1, 0.15) is 6.61 Å². The van der Waals surface area contributed by atoms with E-state index in [-0.39, 0.29) is 11.1 Å². The summed E-state index contributed by atoms with van der Waals surface area (Å²) in [5.74, 6) is -0.0726. The van der Waals surface area contributed by atoms with E-state index in [4.69, 9.17) is 19.9 Å². The van der Waals surface area contributed by atoms with Crippen molar-refractivity contribution in [3.05, 3.63) is 58.6 Å². The van der Waals surface area contributed by atoms with Crippen molar-refractivity contribution in [2.75, 3.05) is 57.6 Å². The number of carbonyl (C=O) groups excluding carboxylic acids is 1. The van der Waals surface area contributed by atoms with Gasteiger partial charge in [-0.05, 0) is 18.2 Å². The first-order valence-electron chi connectivity index (χ1n) is 11.7. The highest BCUT2D eigenvalue weighted by atomic mass is 16.5. The topological polar surface area (TPSA) is 126 Å². The Labute approximate surface area is 209 Å². The molecule has 0 bridgehead atoms. The van der Waals surface area contributed by atoms with Gasteiger partial charge in [0.15, 0.2) is 0 Å². The molecule has 3 N–H and O–H groups in total. The lowest BCUT2D eigenvalue weighted by molar-refractivity contribution is -0.0662. The number of nitrogens with two attached hydrogens (primary N) is 1. The number of anilines is 2. The molecule has 192 valence electrons. The second kappa shape index (κ2) is 11.3. The van der Waals surface area contributed by atoms with Crippen molar-refractivity contribution >= 4 is 17.3 Å². The Morgan fingerprint density at radius 2 is 2.03 bits per heavy atom. The number of nitrogen functional groups attached to an aromatic ring is 1. The molecule has 0 amide bonds. The highest BCUT2D eigenvalue weighted by Crippen LogP contribution is 2.28. The van der Waals surface area contributed by atoms with Crippen LogP contribution in [0.5, 0.6) is 5.88 Å². The summed E-state index contributed by atoms with van der Waals surface area (Å²) in [6.07, 6.45) is 3.02. The Morgan fingerprint density at radius 3 is 2.72 bits per heavy atom. The maximum Gasteiger partial charge on any atom is 0.339 e. The predicted octanol–water partition coefficient (Wildman–Crippen LogP) is 1.35. The molecule has 1 aliphatic heterocycles. The van der Waals surface area contributed by atoms with Gasteiger partial charge in [-0.1, -0.05) is 12.1 Å². The molecule has 11 heteroatoms. The SMILES string of the molecule is COC(=O)c1cc(-c2cnn(C)c2OCCN(CCNc2ccccc2N)C2COC2)c(=O)n(C)c1. The zero-order chi connectivity index (χ0) is 25.7. The summed E-state index contributed by atoms with van der Waals surface area (Å²) in [5.41, 5.74) is 8.49. The molecule has 11 nitrogen and oxygen atoms in total. The van der Waals surface area contributed by atoms with Crippen LogP contribution in [0.15, 0.2) is 47.5 Å². The molecular formula is C25H32N6O5. The average Bonchev–Trinajstić information content (AvgIpc) is 3.20. The summed E-state index contributed by atoms with van der Waals surface area (Å²) in [5, 5.41) is 7.67. The third-order valence-corrected chi connectivity index (χ3v) is 6.21. The van der Waals surface area contributed by atoms with Gasteiger partial charge in [0.05, 0.1) is 60.6 Å². The monoisotopic (exact) mass is 496 g/mol. The Balaban J connectivity index is 1.44. The van der Waals surface area contributed by atoms with Crippen molar-refractivity contribution in [2.24, 2.45) is 14.1 Å². The number of para-hydroxylation sites is 2. The third-order valence-electron chi connectivity index (χ3n) is 6.21. The number of aryl methyl sites for hydroxylation is 2. The van der Waals surface area contributed by atoms with E-state index in [1.807, 2.05) is 24.3 Å². The fraction of sp³-hybridized carbons (Fsp3) is 0.400. The largest absolute Gasteiger partial charge is 0.476 e. The molecule has 4 rings (SSSR count). The molecule has 2 aromatic heterocycles. The summed E-state index contributed by atoms with van der Waals surface area (Å²) in [7, 11) is 4.64. The molecule has 3 heterocycles. The zero-order valence-corrected chi connectivity index (χ0v) is 20.8. The minimum Gasteiger partial charge on any atom is -0.476 e. The van der Waals surface area contributed by atoms with Crippen molar-refractivity contribution in [3.8, 4) is 17.0 Å². The second-order valence-electron chi connectivity index (χ2n) is 8.63. The van der Waals surface area contributed by atoms with Crippen LogP contribution >= 0.6 is 0 Å². The number of nitrogens with one attached hydrogen (secondary N) is 1. The molecule has 1 aliphatic rings.